The van der Waals surface area contributed by atoms with Gasteiger partial charge in [-0.15, -0.1) is 11.3 Å². The van der Waals surface area contributed by atoms with Gasteiger partial charge >= 0.3 is 5.97 Å². The van der Waals surface area contributed by atoms with Crippen LogP contribution in [0.3, 0.4) is 0 Å². The number of anilines is 1. The van der Waals surface area contributed by atoms with E-state index < -0.39 is 11.6 Å². The number of amides is 1. The van der Waals surface area contributed by atoms with E-state index in [0.29, 0.717) is 29.0 Å². The van der Waals surface area contributed by atoms with E-state index in [9.17, 15) is 14.7 Å². The van der Waals surface area contributed by atoms with Gasteiger partial charge < -0.3 is 19.9 Å². The summed E-state index contributed by atoms with van der Waals surface area (Å²) in [6.45, 7) is 2.25. The van der Waals surface area contributed by atoms with E-state index in [0.717, 1.165) is 30.6 Å². The predicted octanol–water partition coefficient (Wildman–Crippen LogP) is 3.32. The van der Waals surface area contributed by atoms with Crippen LogP contribution >= 0.6 is 11.3 Å². The highest BCUT2D eigenvalue weighted by atomic mass is 32.1. The summed E-state index contributed by atoms with van der Waals surface area (Å²) in [6, 6.07) is 0. The molecule has 134 valence electrons. The van der Waals surface area contributed by atoms with E-state index in [4.69, 9.17) is 9.47 Å². The van der Waals surface area contributed by atoms with E-state index in [2.05, 4.69) is 5.32 Å². The summed E-state index contributed by atoms with van der Waals surface area (Å²) >= 11 is 1.32. The zero-order chi connectivity index (χ0) is 17.3. The van der Waals surface area contributed by atoms with Gasteiger partial charge in [0.1, 0.15) is 16.2 Å². The third-order valence-electron chi connectivity index (χ3n) is 6.24. The molecule has 1 amide bonds. The van der Waals surface area contributed by atoms with Gasteiger partial charge in [0, 0.05) is 10.4 Å². The molecule has 3 atom stereocenters. The lowest BCUT2D eigenvalue weighted by atomic mass is 9.62. The molecule has 1 aromatic rings. The minimum absolute atomic E-state index is 0.164. The van der Waals surface area contributed by atoms with E-state index in [1.54, 1.807) is 0 Å². The first-order chi connectivity index (χ1) is 11.9. The van der Waals surface area contributed by atoms with Gasteiger partial charge in [-0.1, -0.05) is 0 Å². The van der Waals surface area contributed by atoms with Gasteiger partial charge in [0.15, 0.2) is 0 Å². The van der Waals surface area contributed by atoms with Crippen LogP contribution in [-0.4, -0.2) is 28.7 Å². The molecular formula is C18H21NO5S. The first-order valence-electron chi connectivity index (χ1n) is 8.95. The lowest BCUT2D eigenvalue weighted by Crippen LogP contribution is -2.60. The Morgan fingerprint density at radius 2 is 1.96 bits per heavy atom. The van der Waals surface area contributed by atoms with Crippen LogP contribution < -0.4 is 5.32 Å². The first-order valence-corrected chi connectivity index (χ1v) is 9.76. The summed E-state index contributed by atoms with van der Waals surface area (Å²) in [7, 11) is 0. The average molecular weight is 363 g/mol. The summed E-state index contributed by atoms with van der Waals surface area (Å²) in [5, 5.41) is 13.0. The molecule has 25 heavy (non-hydrogen) atoms. The van der Waals surface area contributed by atoms with Gasteiger partial charge in [-0.3, -0.25) is 4.79 Å². The number of hydrogen-bond donors (Lipinski definition) is 2. The van der Waals surface area contributed by atoms with E-state index in [1.807, 2.05) is 6.92 Å². The zero-order valence-electron chi connectivity index (χ0n) is 14.0. The minimum atomic E-state index is -1.02. The fraction of sp³-hybridized carbons (Fsp3) is 0.667. The van der Waals surface area contributed by atoms with Crippen LogP contribution in [0.15, 0.2) is 0 Å². The van der Waals surface area contributed by atoms with E-state index in [-0.39, 0.29) is 23.7 Å². The van der Waals surface area contributed by atoms with Crippen LogP contribution in [0.4, 0.5) is 5.00 Å². The molecule has 0 spiro atoms. The van der Waals surface area contributed by atoms with E-state index >= 15 is 0 Å². The Morgan fingerprint density at radius 1 is 1.24 bits per heavy atom. The largest absolute Gasteiger partial charge is 0.478 e. The molecule has 4 bridgehead atoms. The van der Waals surface area contributed by atoms with Gasteiger partial charge in [-0.05, 0) is 50.9 Å². The van der Waals surface area contributed by atoms with Crippen molar-refractivity contribution in [3.63, 3.8) is 0 Å². The van der Waals surface area contributed by atoms with Crippen molar-refractivity contribution in [3.05, 3.63) is 16.0 Å². The summed E-state index contributed by atoms with van der Waals surface area (Å²) in [5.74, 6) is -0.0467. The molecule has 2 saturated carbocycles. The molecule has 2 aliphatic carbocycles. The van der Waals surface area contributed by atoms with Crippen molar-refractivity contribution in [2.45, 2.75) is 63.4 Å². The van der Waals surface area contributed by atoms with Crippen molar-refractivity contribution < 1.29 is 24.2 Å². The Morgan fingerprint density at radius 3 is 2.60 bits per heavy atom. The van der Waals surface area contributed by atoms with Crippen molar-refractivity contribution in [1.82, 2.24) is 0 Å². The normalized spacial score (nSPS) is 38.0. The second-order valence-corrected chi connectivity index (χ2v) is 9.04. The maximum atomic E-state index is 13.1. The molecule has 5 aliphatic rings. The average Bonchev–Trinajstić information content (AvgIpc) is 3.05. The van der Waals surface area contributed by atoms with Crippen LogP contribution in [0.5, 0.6) is 0 Å². The predicted molar refractivity (Wildman–Crippen MR) is 90.8 cm³/mol. The van der Waals surface area contributed by atoms with Crippen LogP contribution in [0.25, 0.3) is 0 Å². The molecule has 4 heterocycles. The SMILES string of the molecule is CC1OCc2sc(NC(=O)C34CC5CC(CC(C5)O3)C4)c(C(=O)O)c21. The Bertz CT molecular complexity index is 734. The first kappa shape index (κ1) is 15.8. The van der Waals surface area contributed by atoms with Crippen molar-refractivity contribution in [1.29, 1.82) is 0 Å². The number of ether oxygens (including phenoxy) is 2. The second-order valence-electron chi connectivity index (χ2n) is 7.94. The second kappa shape index (κ2) is 5.28. The van der Waals surface area contributed by atoms with Gasteiger partial charge in [-0.2, -0.15) is 0 Å². The summed E-state index contributed by atoms with van der Waals surface area (Å²) < 4.78 is 11.7. The zero-order valence-corrected chi connectivity index (χ0v) is 14.9. The molecule has 6 rings (SSSR count). The van der Waals surface area contributed by atoms with Gasteiger partial charge in [0.05, 0.1) is 18.8 Å². The quantitative estimate of drug-likeness (QED) is 0.860. The highest BCUT2D eigenvalue weighted by molar-refractivity contribution is 7.17. The number of rotatable bonds is 3. The van der Waals surface area contributed by atoms with Crippen molar-refractivity contribution in [2.75, 3.05) is 5.32 Å². The monoisotopic (exact) mass is 363 g/mol. The fourth-order valence-electron chi connectivity index (χ4n) is 5.43. The molecule has 6 nitrogen and oxygen atoms in total. The maximum absolute atomic E-state index is 13.1. The van der Waals surface area contributed by atoms with Crippen molar-refractivity contribution in [3.8, 4) is 0 Å². The topological polar surface area (TPSA) is 84.9 Å². The Hall–Kier alpha value is -1.44. The molecule has 4 fully saturated rings. The molecule has 7 heteroatoms. The standard InChI is InChI=1S/C18H21NO5S/c1-8-13-12(7-23-8)25-15(14(13)16(20)21)19-17(22)18-5-9-2-10(6-18)4-11(3-9)24-18/h8-11H,2-7H2,1H3,(H,19,22)(H,20,21). The summed E-state index contributed by atoms with van der Waals surface area (Å²) in [6.07, 6.45) is 4.80. The maximum Gasteiger partial charge on any atom is 0.339 e. The number of nitrogens with one attached hydrogen (secondary N) is 1. The molecule has 3 unspecified atom stereocenters. The highest BCUT2D eigenvalue weighted by Gasteiger charge is 2.56. The Kier molecular flexibility index (Phi) is 3.34. The Labute approximate surface area is 149 Å². The minimum Gasteiger partial charge on any atom is -0.478 e. The van der Waals surface area contributed by atoms with Gasteiger partial charge in [0.25, 0.3) is 5.91 Å². The molecule has 2 saturated heterocycles. The third-order valence-corrected chi connectivity index (χ3v) is 7.33. The number of thiophene rings is 1. The van der Waals surface area contributed by atoms with Crippen molar-refractivity contribution >= 4 is 28.2 Å². The number of carbonyl (C=O) groups is 2. The molecular weight excluding hydrogens is 342 g/mol. The number of fused-ring (bicyclic) bond motifs is 1. The molecule has 0 radical (unpaired) electrons. The summed E-state index contributed by atoms with van der Waals surface area (Å²) in [4.78, 5) is 25.8. The highest BCUT2D eigenvalue weighted by Crippen LogP contribution is 2.53. The smallest absolute Gasteiger partial charge is 0.339 e. The summed E-state index contributed by atoms with van der Waals surface area (Å²) in [5.41, 5.74) is 0.128. The third kappa shape index (κ3) is 2.29. The van der Waals surface area contributed by atoms with Crippen molar-refractivity contribution in [2.24, 2.45) is 11.8 Å². The van der Waals surface area contributed by atoms with Crippen LogP contribution in [0.2, 0.25) is 0 Å². The molecule has 1 aromatic heterocycles. The molecule has 3 aliphatic heterocycles. The van der Waals surface area contributed by atoms with Gasteiger partial charge in [0.2, 0.25) is 0 Å². The fourth-order valence-corrected chi connectivity index (χ4v) is 6.63. The van der Waals surface area contributed by atoms with Crippen LogP contribution in [0.1, 0.15) is 65.9 Å². The Balaban J connectivity index is 1.46. The van der Waals surface area contributed by atoms with Gasteiger partial charge in [-0.25, -0.2) is 4.79 Å². The van der Waals surface area contributed by atoms with E-state index in [1.165, 1.54) is 17.8 Å². The number of aromatic carboxylic acids is 1. The van der Waals surface area contributed by atoms with Crippen LogP contribution in [0, 0.1) is 11.8 Å². The lowest BCUT2D eigenvalue weighted by molar-refractivity contribution is -0.215. The number of hydrogen-bond acceptors (Lipinski definition) is 5. The number of carboxylic acids is 1. The number of carbonyl (C=O) groups excluding carboxylic acids is 1. The van der Waals surface area contributed by atoms with Crippen LogP contribution in [-0.2, 0) is 20.9 Å². The lowest BCUT2D eigenvalue weighted by Gasteiger charge is -2.55. The molecule has 0 aromatic carbocycles. The number of carboxylic acid groups (broad SMARTS) is 1. The molecule has 2 N–H and O–H groups in total.